The first-order chi connectivity index (χ1) is 17.5. The zero-order valence-electron chi connectivity index (χ0n) is 21.4. The lowest BCUT2D eigenvalue weighted by molar-refractivity contribution is -0.126. The number of carbonyl (C=O) groups excluding carboxylic acids is 3. The number of primary amides is 1. The summed E-state index contributed by atoms with van der Waals surface area (Å²) in [7, 11) is 1.41. The summed E-state index contributed by atoms with van der Waals surface area (Å²) in [5.74, 6) is -0.664. The molecule has 0 radical (unpaired) electrons. The fourth-order valence-electron chi connectivity index (χ4n) is 3.48. The summed E-state index contributed by atoms with van der Waals surface area (Å²) in [5, 5.41) is 11.6. The van der Waals surface area contributed by atoms with Gasteiger partial charge in [-0.15, -0.1) is 10.2 Å². The zero-order valence-corrected chi connectivity index (χ0v) is 21.4. The number of nitrogens with two attached hydrogens (primary N) is 2. The first-order valence-electron chi connectivity index (χ1n) is 11.7. The summed E-state index contributed by atoms with van der Waals surface area (Å²) >= 11 is 0. The summed E-state index contributed by atoms with van der Waals surface area (Å²) in [6.45, 7) is 5.07. The standard InChI is InChI=1S/C25H33N7O5/c1-16-10-11-18(14-37-24(35)31(4)12-20(26)33)32-21(16)29-30-22(32)19(28-23(34)25(2,3)27)15-36-13-17-8-6-5-7-9-17/h5-11,19H,12-15,27H2,1-4H3,(H2,26,33)(H,28,34). The maximum atomic E-state index is 12.8. The molecule has 2 aromatic heterocycles. The molecule has 0 aliphatic heterocycles. The Morgan fingerprint density at radius 3 is 2.46 bits per heavy atom. The van der Waals surface area contributed by atoms with Crippen LogP contribution in [-0.4, -0.2) is 63.1 Å². The van der Waals surface area contributed by atoms with Gasteiger partial charge in [0.25, 0.3) is 0 Å². The van der Waals surface area contributed by atoms with Crippen molar-refractivity contribution in [1.29, 1.82) is 0 Å². The fraction of sp³-hybridized carbons (Fsp3) is 0.400. The molecule has 0 aliphatic rings. The summed E-state index contributed by atoms with van der Waals surface area (Å²) in [6, 6.07) is 12.5. The smallest absolute Gasteiger partial charge is 0.410 e. The minimum absolute atomic E-state index is 0.0893. The molecule has 0 bridgehead atoms. The van der Waals surface area contributed by atoms with Crippen molar-refractivity contribution in [3.05, 3.63) is 65.1 Å². The number of carbonyl (C=O) groups is 3. The highest BCUT2D eigenvalue weighted by molar-refractivity contribution is 5.85. The van der Waals surface area contributed by atoms with Crippen molar-refractivity contribution in [2.75, 3.05) is 20.2 Å². The molecule has 2 heterocycles. The Morgan fingerprint density at radius 2 is 1.81 bits per heavy atom. The lowest BCUT2D eigenvalue weighted by Gasteiger charge is -2.24. The molecule has 0 saturated carbocycles. The normalized spacial score (nSPS) is 12.2. The molecule has 37 heavy (non-hydrogen) atoms. The van der Waals surface area contributed by atoms with Gasteiger partial charge < -0.3 is 31.2 Å². The number of fused-ring (bicyclic) bond motifs is 1. The van der Waals surface area contributed by atoms with Gasteiger partial charge in [-0.1, -0.05) is 36.4 Å². The van der Waals surface area contributed by atoms with Gasteiger partial charge in [0.15, 0.2) is 11.5 Å². The summed E-state index contributed by atoms with van der Waals surface area (Å²) < 4.78 is 13.0. The zero-order chi connectivity index (χ0) is 27.2. The number of benzene rings is 1. The van der Waals surface area contributed by atoms with E-state index in [4.69, 9.17) is 20.9 Å². The van der Waals surface area contributed by atoms with Crippen molar-refractivity contribution in [2.24, 2.45) is 11.5 Å². The topological polar surface area (TPSA) is 167 Å². The van der Waals surface area contributed by atoms with Crippen molar-refractivity contribution >= 4 is 23.6 Å². The molecular weight excluding hydrogens is 478 g/mol. The molecule has 198 valence electrons. The van der Waals surface area contributed by atoms with Crippen LogP contribution >= 0.6 is 0 Å². The summed E-state index contributed by atoms with van der Waals surface area (Å²) in [4.78, 5) is 37.3. The van der Waals surface area contributed by atoms with Gasteiger partial charge in [-0.05, 0) is 38.0 Å². The molecule has 1 unspecified atom stereocenters. The molecule has 0 fully saturated rings. The van der Waals surface area contributed by atoms with Gasteiger partial charge in [0.05, 0.1) is 24.4 Å². The van der Waals surface area contributed by atoms with E-state index in [0.717, 1.165) is 16.0 Å². The van der Waals surface area contributed by atoms with Gasteiger partial charge in [0.1, 0.15) is 19.2 Å². The van der Waals surface area contributed by atoms with Crippen LogP contribution < -0.4 is 16.8 Å². The average molecular weight is 512 g/mol. The lowest BCUT2D eigenvalue weighted by Crippen LogP contribution is -2.51. The summed E-state index contributed by atoms with van der Waals surface area (Å²) in [5.41, 5.74) is 12.9. The van der Waals surface area contributed by atoms with Crippen LogP contribution in [0.4, 0.5) is 4.79 Å². The van der Waals surface area contributed by atoms with Crippen LogP contribution in [0.5, 0.6) is 0 Å². The molecule has 5 N–H and O–H groups in total. The maximum Gasteiger partial charge on any atom is 0.410 e. The van der Waals surface area contributed by atoms with Gasteiger partial charge in [-0.25, -0.2) is 4.79 Å². The van der Waals surface area contributed by atoms with E-state index in [9.17, 15) is 14.4 Å². The maximum absolute atomic E-state index is 12.8. The lowest BCUT2D eigenvalue weighted by atomic mass is 10.1. The van der Waals surface area contributed by atoms with E-state index in [2.05, 4.69) is 15.5 Å². The molecule has 0 saturated heterocycles. The molecule has 3 rings (SSSR count). The Bertz CT molecular complexity index is 1250. The molecule has 0 aliphatic carbocycles. The third-order valence-electron chi connectivity index (χ3n) is 5.50. The van der Waals surface area contributed by atoms with E-state index in [1.807, 2.05) is 43.3 Å². The SMILES string of the molecule is Cc1ccc(COC(=O)N(C)CC(N)=O)n2c(C(COCc3ccccc3)NC(=O)C(C)(C)N)nnc12. The van der Waals surface area contributed by atoms with Crippen molar-refractivity contribution < 1.29 is 23.9 Å². The number of hydrogen-bond donors (Lipinski definition) is 3. The second kappa shape index (κ2) is 11.8. The summed E-state index contributed by atoms with van der Waals surface area (Å²) in [6.07, 6.45) is -0.719. The van der Waals surface area contributed by atoms with E-state index in [1.54, 1.807) is 24.3 Å². The number of aryl methyl sites for hydroxylation is 1. The predicted molar refractivity (Wildman–Crippen MR) is 135 cm³/mol. The van der Waals surface area contributed by atoms with E-state index < -0.39 is 29.5 Å². The second-order valence-corrected chi connectivity index (χ2v) is 9.35. The van der Waals surface area contributed by atoms with Crippen LogP contribution in [0, 0.1) is 6.92 Å². The highest BCUT2D eigenvalue weighted by Crippen LogP contribution is 2.21. The Hall–Kier alpha value is -4.03. The van der Waals surface area contributed by atoms with Crippen LogP contribution in [0.15, 0.2) is 42.5 Å². The number of aromatic nitrogens is 3. The van der Waals surface area contributed by atoms with Crippen molar-refractivity contribution in [3.8, 4) is 0 Å². The molecule has 3 amide bonds. The van der Waals surface area contributed by atoms with E-state index in [1.165, 1.54) is 7.05 Å². The molecule has 1 aromatic carbocycles. The highest BCUT2D eigenvalue weighted by atomic mass is 16.6. The monoisotopic (exact) mass is 511 g/mol. The van der Waals surface area contributed by atoms with E-state index >= 15 is 0 Å². The quantitative estimate of drug-likeness (QED) is 0.345. The van der Waals surface area contributed by atoms with Crippen molar-refractivity contribution in [1.82, 2.24) is 24.8 Å². The molecule has 0 spiro atoms. The number of likely N-dealkylation sites (N-methyl/N-ethyl adjacent to an activating group) is 1. The number of nitrogens with zero attached hydrogens (tertiary/aromatic N) is 4. The predicted octanol–water partition coefficient (Wildman–Crippen LogP) is 1.20. The van der Waals surface area contributed by atoms with Crippen LogP contribution in [-0.2, 0) is 32.3 Å². The van der Waals surface area contributed by atoms with Gasteiger partial charge >= 0.3 is 6.09 Å². The number of hydrogen-bond acceptors (Lipinski definition) is 8. The number of amides is 3. The van der Waals surface area contributed by atoms with Crippen LogP contribution in [0.3, 0.4) is 0 Å². The van der Waals surface area contributed by atoms with E-state index in [-0.39, 0.29) is 19.8 Å². The first kappa shape index (κ1) is 27.6. The Morgan fingerprint density at radius 1 is 1.11 bits per heavy atom. The van der Waals surface area contributed by atoms with E-state index in [0.29, 0.717) is 23.8 Å². The van der Waals surface area contributed by atoms with Crippen molar-refractivity contribution in [2.45, 2.75) is 45.6 Å². The average Bonchev–Trinajstić information content (AvgIpc) is 3.28. The van der Waals surface area contributed by atoms with Crippen LogP contribution in [0.2, 0.25) is 0 Å². The third-order valence-corrected chi connectivity index (χ3v) is 5.50. The van der Waals surface area contributed by atoms with Gasteiger partial charge in [0, 0.05) is 7.05 Å². The number of rotatable bonds is 11. The number of pyridine rings is 1. The minimum atomic E-state index is -1.14. The number of nitrogens with one attached hydrogen (secondary N) is 1. The largest absolute Gasteiger partial charge is 0.443 e. The molecular formula is C25H33N7O5. The minimum Gasteiger partial charge on any atom is -0.443 e. The van der Waals surface area contributed by atoms with Gasteiger partial charge in [-0.2, -0.15) is 0 Å². The Labute approximate surface area is 214 Å². The third kappa shape index (κ3) is 7.24. The van der Waals surface area contributed by atoms with Gasteiger partial charge in [-0.3, -0.25) is 14.0 Å². The molecule has 12 heteroatoms. The second-order valence-electron chi connectivity index (χ2n) is 9.35. The first-order valence-corrected chi connectivity index (χ1v) is 11.7. The molecule has 3 aromatic rings. The van der Waals surface area contributed by atoms with Crippen LogP contribution in [0.25, 0.3) is 5.65 Å². The Kier molecular flexibility index (Phi) is 8.79. The number of ether oxygens (including phenoxy) is 2. The Balaban J connectivity index is 1.90. The highest BCUT2D eigenvalue weighted by Gasteiger charge is 2.29. The molecule has 1 atom stereocenters. The van der Waals surface area contributed by atoms with Gasteiger partial charge in [0.2, 0.25) is 11.8 Å². The van der Waals surface area contributed by atoms with Crippen LogP contribution in [0.1, 0.15) is 42.5 Å². The molecule has 12 nitrogen and oxygen atoms in total. The fourth-order valence-corrected chi connectivity index (χ4v) is 3.48. The van der Waals surface area contributed by atoms with Crippen molar-refractivity contribution in [3.63, 3.8) is 0 Å².